The summed E-state index contributed by atoms with van der Waals surface area (Å²) >= 11 is 0. The molecule has 31 N–H and O–H groups in total. The number of carbonyl (C=O) groups is 3. The summed E-state index contributed by atoms with van der Waals surface area (Å²) in [6.45, 7) is 4.23. The third kappa shape index (κ3) is 21.2. The van der Waals surface area contributed by atoms with Crippen molar-refractivity contribution in [3.8, 4) is 0 Å². The normalized spacial score (nSPS) is 43.3. The van der Waals surface area contributed by atoms with Gasteiger partial charge in [-0.05, 0) is 96.8 Å². The molecule has 2 saturated carbocycles. The van der Waals surface area contributed by atoms with E-state index in [-0.39, 0.29) is 82.8 Å². The van der Waals surface area contributed by atoms with E-state index < -0.39 is 214 Å². The van der Waals surface area contributed by atoms with Crippen molar-refractivity contribution in [3.05, 3.63) is 0 Å². The van der Waals surface area contributed by atoms with E-state index in [1.165, 1.54) is 0 Å². The highest BCUT2D eigenvalue weighted by atomic mass is 16.8. The number of hydrogen-bond acceptors (Lipinski definition) is 35. The smallest absolute Gasteiger partial charge is 0.407 e. The van der Waals surface area contributed by atoms with E-state index in [9.17, 15) is 55.2 Å². The Balaban J connectivity index is 0.000000271. The lowest BCUT2D eigenvalue weighted by molar-refractivity contribution is -0.291. The van der Waals surface area contributed by atoms with E-state index in [0.29, 0.717) is 51.4 Å². The SMILES string of the molecule is CC(C)(C)OC(=O)NC[C@H](O)C(=O)C[C@@H]1C[C@H](N)[C@@H](O[C@H]2O[C@H](CN)CC[C@H]2N)[C@H](O[C@@H]2O[C@H](CO)[C@@H](O[C@H]3O[C@@H](CN)CC[C@H]3N)[C@H]2O)[C@H]1O.NC[C@@H]1CC[C@@H](N)[C@@H](O[C@H]2[C@H](O[C@@H]3O[C@H](CO)[C@@H](O[C@H]4O[C@@H](CN)CC[C@H]4N)[C@H]3O)[C@@H](O)[C@H](CC(=O)[C@@H](O)CN)C[C@@H]2N)O1. The molecule has 6 aliphatic heterocycles. The predicted molar refractivity (Wildman–Crippen MR) is 331 cm³/mol. The fourth-order valence-electron chi connectivity index (χ4n) is 13.2. The summed E-state index contributed by atoms with van der Waals surface area (Å²) in [5, 5.41) is 89.0. The van der Waals surface area contributed by atoms with Crippen molar-refractivity contribution < 1.29 is 117 Å². The Hall–Kier alpha value is -2.63. The van der Waals surface area contributed by atoms with E-state index in [0.717, 1.165) is 0 Å². The Kier molecular flexibility index (Phi) is 30.9. The first-order valence-corrected chi connectivity index (χ1v) is 33.3. The maximum Gasteiger partial charge on any atom is 0.407 e. The van der Waals surface area contributed by atoms with Gasteiger partial charge in [0.2, 0.25) is 0 Å². The van der Waals surface area contributed by atoms with Crippen molar-refractivity contribution in [1.29, 1.82) is 0 Å². The minimum absolute atomic E-state index is 0.0597. The lowest BCUT2D eigenvalue weighted by Gasteiger charge is -2.46. The van der Waals surface area contributed by atoms with Crippen molar-refractivity contribution in [1.82, 2.24) is 5.32 Å². The van der Waals surface area contributed by atoms with Gasteiger partial charge in [0, 0.05) is 57.6 Å². The molecule has 0 unspecified atom stereocenters. The molecule has 95 heavy (non-hydrogen) atoms. The van der Waals surface area contributed by atoms with Crippen LogP contribution in [0, 0.1) is 11.8 Å². The van der Waals surface area contributed by atoms with Crippen LogP contribution in [0.25, 0.3) is 0 Å². The second-order valence-corrected chi connectivity index (χ2v) is 27.2. The fraction of sp³-hybridized carbons (Fsp3) is 0.949. The Morgan fingerprint density at radius 3 is 1.06 bits per heavy atom. The monoisotopic (exact) mass is 1370 g/mol. The summed E-state index contributed by atoms with van der Waals surface area (Å²) in [5.41, 5.74) is 66.0. The van der Waals surface area contributed by atoms with Crippen LogP contribution >= 0.6 is 0 Å². The molecule has 0 radical (unpaired) electrons. The van der Waals surface area contributed by atoms with Crippen molar-refractivity contribution in [3.63, 3.8) is 0 Å². The van der Waals surface area contributed by atoms with Crippen molar-refractivity contribution in [2.75, 3.05) is 52.5 Å². The maximum atomic E-state index is 13.1. The van der Waals surface area contributed by atoms with Crippen LogP contribution in [0.2, 0.25) is 0 Å². The zero-order valence-electron chi connectivity index (χ0n) is 54.6. The average molecular weight is 1370 g/mol. The molecule has 0 spiro atoms. The van der Waals surface area contributed by atoms with Crippen LogP contribution < -0.4 is 68.4 Å². The molecule has 1 amide bonds. The summed E-state index contributed by atoms with van der Waals surface area (Å²) in [7, 11) is 0. The number of ether oxygens (including phenoxy) is 13. The first-order valence-electron chi connectivity index (χ1n) is 33.3. The van der Waals surface area contributed by atoms with Crippen LogP contribution in [0.5, 0.6) is 0 Å². The molecule has 0 aromatic rings. The van der Waals surface area contributed by atoms with Gasteiger partial charge in [0.25, 0.3) is 0 Å². The quantitative estimate of drug-likeness (QED) is 0.0363. The van der Waals surface area contributed by atoms with Crippen LogP contribution in [0.1, 0.15) is 97.8 Å². The molecule has 36 heteroatoms. The second-order valence-electron chi connectivity index (χ2n) is 27.2. The third-order valence-corrected chi connectivity index (χ3v) is 18.7. The highest BCUT2D eigenvalue weighted by Crippen LogP contribution is 2.40. The summed E-state index contributed by atoms with van der Waals surface area (Å²) < 4.78 is 77.5. The third-order valence-electron chi connectivity index (χ3n) is 18.7. The zero-order chi connectivity index (χ0) is 69.7. The lowest BCUT2D eigenvalue weighted by Crippen LogP contribution is -2.63. The molecule has 8 aliphatic rings. The number of carbonyl (C=O) groups excluding carboxylic acids is 3. The number of aliphatic hydroxyl groups excluding tert-OH is 8. The summed E-state index contributed by atoms with van der Waals surface area (Å²) in [5.74, 6) is -2.83. The highest BCUT2D eigenvalue weighted by Gasteiger charge is 2.56. The number of ketones is 2. The van der Waals surface area contributed by atoms with Crippen molar-refractivity contribution in [2.24, 2.45) is 74.9 Å². The molecule has 36 nitrogen and oxygen atoms in total. The predicted octanol–water partition coefficient (Wildman–Crippen LogP) is -8.86. The molecule has 2 aliphatic carbocycles. The van der Waals surface area contributed by atoms with Crippen molar-refractivity contribution >= 4 is 17.7 Å². The lowest BCUT2D eigenvalue weighted by atomic mass is 9.76. The first kappa shape index (κ1) is 79.7. The maximum absolute atomic E-state index is 13.1. The molecule has 0 aromatic heterocycles. The number of Topliss-reactive ketones (excluding diaryl/α,β-unsaturated/α-hetero) is 2. The van der Waals surface area contributed by atoms with Crippen LogP contribution in [-0.4, -0.2) is 300 Å². The van der Waals surface area contributed by atoms with E-state index in [4.69, 9.17) is 125 Å². The Labute approximate surface area is 552 Å². The molecule has 6 heterocycles. The number of rotatable bonds is 27. The molecule has 32 atom stereocenters. The van der Waals surface area contributed by atoms with Gasteiger partial charge in [0.05, 0.1) is 80.5 Å². The van der Waals surface area contributed by atoms with Gasteiger partial charge in [-0.15, -0.1) is 0 Å². The molecular weight excluding hydrogens is 1260 g/mol. The van der Waals surface area contributed by atoms with Gasteiger partial charge in [-0.25, -0.2) is 4.79 Å². The number of aliphatic hydroxyl groups is 8. The fourth-order valence-corrected chi connectivity index (χ4v) is 13.2. The van der Waals surface area contributed by atoms with Gasteiger partial charge < -0.3 is 171 Å². The van der Waals surface area contributed by atoms with E-state index >= 15 is 0 Å². The second kappa shape index (κ2) is 36.8. The van der Waals surface area contributed by atoms with Gasteiger partial charge in [0.1, 0.15) is 78.8 Å². The number of nitrogens with two attached hydrogens (primary N) is 11. The van der Waals surface area contributed by atoms with Gasteiger partial charge in [0.15, 0.2) is 49.3 Å². The number of alkyl carbamates (subject to hydrolysis) is 1. The summed E-state index contributed by atoms with van der Waals surface area (Å²) in [6.07, 6.45) is -22.0. The summed E-state index contributed by atoms with van der Waals surface area (Å²) in [4.78, 5) is 37.7. The minimum Gasteiger partial charge on any atom is -0.444 e. The molecule has 552 valence electrons. The molecular formula is C59H112N12O24. The molecule has 8 rings (SSSR count). The van der Waals surface area contributed by atoms with E-state index in [1.807, 2.05) is 0 Å². The average Bonchev–Trinajstić information content (AvgIpc) is 1.78. The minimum atomic E-state index is -1.61. The van der Waals surface area contributed by atoms with Gasteiger partial charge in [-0.3, -0.25) is 9.59 Å². The first-order chi connectivity index (χ1) is 45.0. The van der Waals surface area contributed by atoms with Crippen LogP contribution in [0.3, 0.4) is 0 Å². The van der Waals surface area contributed by atoms with Crippen molar-refractivity contribution in [2.45, 2.75) is 287 Å². The topological polar surface area (TPSA) is 631 Å². The van der Waals surface area contributed by atoms with Crippen LogP contribution in [0.15, 0.2) is 0 Å². The van der Waals surface area contributed by atoms with Gasteiger partial charge >= 0.3 is 6.09 Å². The van der Waals surface area contributed by atoms with Crippen LogP contribution in [-0.2, 0) is 71.2 Å². The van der Waals surface area contributed by atoms with Gasteiger partial charge in [-0.1, -0.05) is 0 Å². The molecule has 0 aromatic carbocycles. The molecule has 8 fully saturated rings. The standard InChI is InChI=1S/C32H60N6O13.C27H52N6O11/c1-32(2,3)51-31(44)38-12-21(41)20(40)9-14-8-19(37)25(48-28-17(35)6-4-15(10-33)45-28)27(23(14)42)50-30-24(43)26(22(13-39)47-30)49-29-18(36)7-5-16(11-34)46-29;28-7-12-1-3-14(31)25(39-12)42-22-16(33)5-11(6-17(35)18(36)9-30)20(37)24(22)44-27-21(38)23(19(10-34)41-27)43-26-15(32)4-2-13(8-29)40-26/h14-19,21-30,39,41-43H,4-13,33-37H2,1-3H3,(H,38,44);11-16,18-27,34,36-38H,1-10,28-33H2/t14-,15-,16+,17+,18+,19-,21-,22+,23-,24+,25+,26+,27+,28+,29+,30-;11-,12-,13+,14+,15+,16-,18-,19+,20-,21+,22+,23+,24+,25+,26+,27-/m00/s1. The summed E-state index contributed by atoms with van der Waals surface area (Å²) in [6, 6.07) is -3.73. The number of nitrogens with one attached hydrogen (secondary N) is 1. The van der Waals surface area contributed by atoms with Gasteiger partial charge in [-0.2, -0.15) is 0 Å². The highest BCUT2D eigenvalue weighted by molar-refractivity contribution is 5.84. The Morgan fingerprint density at radius 2 is 0.758 bits per heavy atom. The largest absolute Gasteiger partial charge is 0.444 e. The van der Waals surface area contributed by atoms with E-state index in [1.54, 1.807) is 20.8 Å². The Bertz CT molecular complexity index is 2340. The molecule has 6 saturated heterocycles. The van der Waals surface area contributed by atoms with E-state index in [2.05, 4.69) is 5.32 Å². The zero-order valence-corrected chi connectivity index (χ0v) is 54.6. The number of hydrogen-bond donors (Lipinski definition) is 20. The molecule has 0 bridgehead atoms. The van der Waals surface area contributed by atoms with Crippen LogP contribution in [0.4, 0.5) is 4.79 Å². The Morgan fingerprint density at radius 1 is 0.442 bits per heavy atom. The number of amides is 1.